The quantitative estimate of drug-likeness (QED) is 0.789. The van der Waals surface area contributed by atoms with Gasteiger partial charge in [0, 0.05) is 10.9 Å². The molecule has 0 saturated carbocycles. The van der Waals surface area contributed by atoms with E-state index in [1.165, 1.54) is 7.11 Å². The Labute approximate surface area is 96.6 Å². The first-order valence-electron chi connectivity index (χ1n) is 4.58. The van der Waals surface area contributed by atoms with Gasteiger partial charge in [0.2, 0.25) is 0 Å². The van der Waals surface area contributed by atoms with Crippen LogP contribution in [0.5, 0.6) is 0 Å². The third-order valence-electron chi connectivity index (χ3n) is 2.17. The predicted molar refractivity (Wildman–Crippen MR) is 59.3 cm³/mol. The van der Waals surface area contributed by atoms with Crippen LogP contribution >= 0.6 is 15.9 Å². The highest BCUT2D eigenvalue weighted by atomic mass is 79.9. The van der Waals surface area contributed by atoms with Gasteiger partial charge in [0.05, 0.1) is 7.11 Å². The summed E-state index contributed by atoms with van der Waals surface area (Å²) < 4.78 is 18.0. The van der Waals surface area contributed by atoms with Crippen LogP contribution in [0.25, 0.3) is 0 Å². The molecule has 0 radical (unpaired) electrons. The Kier molecular flexibility index (Phi) is 4.75. The van der Waals surface area contributed by atoms with E-state index in [9.17, 15) is 9.18 Å². The second kappa shape index (κ2) is 5.85. The highest BCUT2D eigenvalue weighted by molar-refractivity contribution is 9.10. The van der Waals surface area contributed by atoms with Gasteiger partial charge in [-0.1, -0.05) is 28.1 Å². The summed E-state index contributed by atoms with van der Waals surface area (Å²) in [5.74, 6) is -0.282. The molecule has 0 atom stereocenters. The van der Waals surface area contributed by atoms with E-state index in [0.717, 1.165) is 10.0 Å². The second-order valence-electron chi connectivity index (χ2n) is 3.09. The number of carbonyl (C=O) groups is 1. The van der Waals surface area contributed by atoms with E-state index in [1.54, 1.807) is 12.1 Å². The van der Waals surface area contributed by atoms with E-state index >= 15 is 0 Å². The Morgan fingerprint density at radius 3 is 2.87 bits per heavy atom. The molecular weight excluding hydrogens is 263 g/mol. The SMILES string of the molecule is COC(=O)CCc1c(Br)cccc1CF. The van der Waals surface area contributed by atoms with Crippen LogP contribution in [-0.2, 0) is 22.6 Å². The molecule has 0 aliphatic carbocycles. The minimum atomic E-state index is -0.518. The minimum absolute atomic E-state index is 0.270. The summed E-state index contributed by atoms with van der Waals surface area (Å²) >= 11 is 3.34. The van der Waals surface area contributed by atoms with E-state index in [0.29, 0.717) is 12.0 Å². The third-order valence-corrected chi connectivity index (χ3v) is 2.91. The van der Waals surface area contributed by atoms with Crippen LogP contribution in [0.15, 0.2) is 22.7 Å². The molecule has 4 heteroatoms. The van der Waals surface area contributed by atoms with Crippen LogP contribution in [0, 0.1) is 0 Å². The lowest BCUT2D eigenvalue weighted by Crippen LogP contribution is -2.04. The van der Waals surface area contributed by atoms with Gasteiger partial charge in [-0.05, 0) is 23.6 Å². The molecule has 15 heavy (non-hydrogen) atoms. The summed E-state index contributed by atoms with van der Waals surface area (Å²) in [6, 6.07) is 5.34. The highest BCUT2D eigenvalue weighted by Crippen LogP contribution is 2.23. The first-order valence-corrected chi connectivity index (χ1v) is 5.37. The Morgan fingerprint density at radius 2 is 2.27 bits per heavy atom. The van der Waals surface area contributed by atoms with Crippen molar-refractivity contribution >= 4 is 21.9 Å². The van der Waals surface area contributed by atoms with E-state index < -0.39 is 6.67 Å². The maximum atomic E-state index is 12.6. The summed E-state index contributed by atoms with van der Waals surface area (Å²) in [6.07, 6.45) is 0.763. The summed E-state index contributed by atoms with van der Waals surface area (Å²) in [5, 5.41) is 0. The molecule has 0 saturated heterocycles. The molecule has 0 aliphatic heterocycles. The van der Waals surface area contributed by atoms with Gasteiger partial charge in [-0.2, -0.15) is 0 Å². The number of halogens is 2. The monoisotopic (exact) mass is 274 g/mol. The molecule has 0 N–H and O–H groups in total. The van der Waals surface area contributed by atoms with Crippen LogP contribution in [0.4, 0.5) is 4.39 Å². The lowest BCUT2D eigenvalue weighted by Gasteiger charge is -2.08. The Balaban J connectivity index is 2.78. The van der Waals surface area contributed by atoms with E-state index in [1.807, 2.05) is 6.07 Å². The Morgan fingerprint density at radius 1 is 1.53 bits per heavy atom. The van der Waals surface area contributed by atoms with Gasteiger partial charge in [0.15, 0.2) is 0 Å². The van der Waals surface area contributed by atoms with E-state index in [2.05, 4.69) is 20.7 Å². The molecule has 2 nitrogen and oxygen atoms in total. The number of ether oxygens (including phenoxy) is 1. The molecule has 0 bridgehead atoms. The third kappa shape index (κ3) is 3.30. The summed E-state index contributed by atoms with van der Waals surface area (Å²) in [4.78, 5) is 11.0. The van der Waals surface area contributed by atoms with Crippen LogP contribution in [0.3, 0.4) is 0 Å². The predicted octanol–water partition coefficient (Wildman–Crippen LogP) is 3.02. The zero-order valence-electron chi connectivity index (χ0n) is 8.43. The molecular formula is C11H12BrFO2. The van der Waals surface area contributed by atoms with Gasteiger partial charge in [-0.15, -0.1) is 0 Å². The first-order chi connectivity index (χ1) is 7.19. The maximum Gasteiger partial charge on any atom is 0.305 e. The fraction of sp³-hybridized carbons (Fsp3) is 0.364. The summed E-state index contributed by atoms with van der Waals surface area (Å²) in [5.41, 5.74) is 1.46. The number of esters is 1. The molecule has 1 aromatic carbocycles. The minimum Gasteiger partial charge on any atom is -0.469 e. The summed E-state index contributed by atoms with van der Waals surface area (Å²) in [7, 11) is 1.35. The van der Waals surface area contributed by atoms with Crippen molar-refractivity contribution in [2.45, 2.75) is 19.5 Å². The van der Waals surface area contributed by atoms with Crippen molar-refractivity contribution in [1.29, 1.82) is 0 Å². The van der Waals surface area contributed by atoms with Crippen LogP contribution < -0.4 is 0 Å². The van der Waals surface area contributed by atoms with Crippen LogP contribution in [0.1, 0.15) is 17.5 Å². The van der Waals surface area contributed by atoms with Gasteiger partial charge in [0.25, 0.3) is 0 Å². The van der Waals surface area contributed by atoms with Gasteiger partial charge in [-0.3, -0.25) is 4.79 Å². The lowest BCUT2D eigenvalue weighted by atomic mass is 10.0. The molecule has 0 aromatic heterocycles. The summed E-state index contributed by atoms with van der Waals surface area (Å²) in [6.45, 7) is -0.518. The average molecular weight is 275 g/mol. The average Bonchev–Trinajstić information content (AvgIpc) is 2.26. The molecule has 1 aromatic rings. The zero-order valence-corrected chi connectivity index (χ0v) is 10.0. The Hall–Kier alpha value is -0.900. The van der Waals surface area contributed by atoms with Crippen molar-refractivity contribution < 1.29 is 13.9 Å². The molecule has 0 fully saturated rings. The molecule has 0 aliphatic rings. The molecule has 0 spiro atoms. The smallest absolute Gasteiger partial charge is 0.305 e. The topological polar surface area (TPSA) is 26.3 Å². The molecule has 82 valence electrons. The first kappa shape index (κ1) is 12.2. The number of methoxy groups -OCH3 is 1. The normalized spacial score (nSPS) is 10.1. The van der Waals surface area contributed by atoms with Crippen molar-refractivity contribution in [3.05, 3.63) is 33.8 Å². The largest absolute Gasteiger partial charge is 0.469 e. The van der Waals surface area contributed by atoms with Gasteiger partial charge >= 0.3 is 5.97 Å². The number of alkyl halides is 1. The second-order valence-corrected chi connectivity index (χ2v) is 3.94. The Bertz CT molecular complexity index is 352. The molecule has 1 rings (SSSR count). The standard InChI is InChI=1S/C11H12BrFO2/c1-15-11(14)6-5-9-8(7-13)3-2-4-10(9)12/h2-4H,5-7H2,1H3. The van der Waals surface area contributed by atoms with Crippen molar-refractivity contribution in [2.75, 3.05) is 7.11 Å². The fourth-order valence-electron chi connectivity index (χ4n) is 1.34. The number of hydrogen-bond acceptors (Lipinski definition) is 2. The van der Waals surface area contributed by atoms with Crippen LogP contribution in [-0.4, -0.2) is 13.1 Å². The zero-order chi connectivity index (χ0) is 11.3. The van der Waals surface area contributed by atoms with Crippen molar-refractivity contribution in [3.8, 4) is 0 Å². The number of rotatable bonds is 4. The fourth-order valence-corrected chi connectivity index (χ4v) is 1.94. The highest BCUT2D eigenvalue weighted by Gasteiger charge is 2.09. The van der Waals surface area contributed by atoms with Crippen molar-refractivity contribution in [3.63, 3.8) is 0 Å². The lowest BCUT2D eigenvalue weighted by molar-refractivity contribution is -0.140. The van der Waals surface area contributed by atoms with Gasteiger partial charge in [-0.25, -0.2) is 4.39 Å². The number of carbonyl (C=O) groups excluding carboxylic acids is 1. The van der Waals surface area contributed by atoms with Crippen molar-refractivity contribution in [1.82, 2.24) is 0 Å². The molecule has 0 amide bonds. The number of hydrogen-bond donors (Lipinski definition) is 0. The van der Waals surface area contributed by atoms with Crippen LogP contribution in [0.2, 0.25) is 0 Å². The van der Waals surface area contributed by atoms with Crippen molar-refractivity contribution in [2.24, 2.45) is 0 Å². The van der Waals surface area contributed by atoms with E-state index in [-0.39, 0.29) is 12.4 Å². The van der Waals surface area contributed by atoms with Gasteiger partial charge in [0.1, 0.15) is 6.67 Å². The van der Waals surface area contributed by atoms with Gasteiger partial charge < -0.3 is 4.74 Å². The molecule has 0 heterocycles. The molecule has 0 unspecified atom stereocenters. The van der Waals surface area contributed by atoms with E-state index in [4.69, 9.17) is 0 Å². The maximum absolute atomic E-state index is 12.6. The number of benzene rings is 1.